The van der Waals surface area contributed by atoms with Crippen LogP contribution in [0, 0.1) is 12.8 Å². The van der Waals surface area contributed by atoms with Crippen molar-refractivity contribution in [2.24, 2.45) is 11.7 Å². The summed E-state index contributed by atoms with van der Waals surface area (Å²) in [5.41, 5.74) is 5.44. The maximum atomic E-state index is 11.7. The Morgan fingerprint density at radius 1 is 1.56 bits per heavy atom. The van der Waals surface area contributed by atoms with E-state index < -0.39 is 0 Å². The van der Waals surface area contributed by atoms with E-state index in [2.05, 4.69) is 0 Å². The monoisotopic (exact) mass is 246 g/mol. The van der Waals surface area contributed by atoms with Gasteiger partial charge in [-0.3, -0.25) is 4.79 Å². The van der Waals surface area contributed by atoms with Crippen LogP contribution in [0.1, 0.15) is 18.4 Å². The highest BCUT2D eigenvalue weighted by Crippen LogP contribution is 2.10. The lowest BCUT2D eigenvalue weighted by molar-refractivity contribution is -0.134. The zero-order valence-electron chi connectivity index (χ0n) is 9.90. The molecule has 2 N–H and O–H groups in total. The number of hydrogen-bond donors (Lipinski definition) is 1. The van der Waals surface area contributed by atoms with Crippen molar-refractivity contribution in [3.05, 3.63) is 23.7 Å². The SMILES string of the molecule is Cc1ccc(CN(C)C(=O)C(C)CN)o1.Cl. The van der Waals surface area contributed by atoms with Crippen LogP contribution in [0.15, 0.2) is 16.5 Å². The summed E-state index contributed by atoms with van der Waals surface area (Å²) < 4.78 is 5.39. The predicted octanol–water partition coefficient (Wildman–Crippen LogP) is 1.56. The molecule has 5 heteroatoms. The molecule has 0 radical (unpaired) electrons. The third kappa shape index (κ3) is 3.87. The molecule has 4 nitrogen and oxygen atoms in total. The predicted molar refractivity (Wildman–Crippen MR) is 65.4 cm³/mol. The van der Waals surface area contributed by atoms with Crippen molar-refractivity contribution in [2.75, 3.05) is 13.6 Å². The minimum atomic E-state index is -0.133. The third-order valence-corrected chi connectivity index (χ3v) is 2.34. The molecule has 0 aliphatic carbocycles. The number of halogens is 1. The summed E-state index contributed by atoms with van der Waals surface area (Å²) in [6.07, 6.45) is 0. The first-order chi connectivity index (χ1) is 7.04. The number of carbonyl (C=O) groups is 1. The Kier molecular flexibility index (Phi) is 6.14. The summed E-state index contributed by atoms with van der Waals surface area (Å²) in [4.78, 5) is 13.3. The molecule has 1 atom stereocenters. The second-order valence-corrected chi connectivity index (χ2v) is 3.84. The van der Waals surface area contributed by atoms with Crippen LogP contribution in [0.2, 0.25) is 0 Å². The Morgan fingerprint density at radius 3 is 2.62 bits per heavy atom. The van der Waals surface area contributed by atoms with Crippen LogP contribution in [-0.4, -0.2) is 24.4 Å². The second-order valence-electron chi connectivity index (χ2n) is 3.84. The molecule has 92 valence electrons. The number of amides is 1. The molecule has 0 aromatic carbocycles. The molecule has 1 amide bonds. The number of nitrogens with two attached hydrogens (primary N) is 1. The Hall–Kier alpha value is -1.00. The Balaban J connectivity index is 0.00000225. The van der Waals surface area contributed by atoms with E-state index in [9.17, 15) is 4.79 Å². The highest BCUT2D eigenvalue weighted by Gasteiger charge is 2.16. The van der Waals surface area contributed by atoms with Crippen LogP contribution >= 0.6 is 12.4 Å². The van der Waals surface area contributed by atoms with Crippen molar-refractivity contribution in [2.45, 2.75) is 20.4 Å². The molecular formula is C11H19ClN2O2. The molecule has 1 aromatic heterocycles. The first kappa shape index (κ1) is 15.0. The number of aryl methyl sites for hydroxylation is 1. The van der Waals surface area contributed by atoms with Gasteiger partial charge < -0.3 is 15.1 Å². The zero-order chi connectivity index (χ0) is 11.4. The van der Waals surface area contributed by atoms with Gasteiger partial charge in [-0.1, -0.05) is 6.92 Å². The molecule has 0 aliphatic rings. The van der Waals surface area contributed by atoms with Crippen LogP contribution in [0.3, 0.4) is 0 Å². The minimum Gasteiger partial charge on any atom is -0.464 e. The van der Waals surface area contributed by atoms with E-state index in [-0.39, 0.29) is 24.2 Å². The van der Waals surface area contributed by atoms with Gasteiger partial charge in [0, 0.05) is 19.5 Å². The smallest absolute Gasteiger partial charge is 0.226 e. The highest BCUT2D eigenvalue weighted by atomic mass is 35.5. The van der Waals surface area contributed by atoms with Crippen LogP contribution in [0.4, 0.5) is 0 Å². The first-order valence-electron chi connectivity index (χ1n) is 5.05. The Morgan fingerprint density at radius 2 is 2.19 bits per heavy atom. The highest BCUT2D eigenvalue weighted by molar-refractivity contribution is 5.85. The second kappa shape index (κ2) is 6.55. The molecule has 1 unspecified atom stereocenters. The van der Waals surface area contributed by atoms with Gasteiger partial charge in [0.15, 0.2) is 0 Å². The van der Waals surface area contributed by atoms with Gasteiger partial charge in [0.05, 0.1) is 6.54 Å². The van der Waals surface area contributed by atoms with Gasteiger partial charge in [0.1, 0.15) is 11.5 Å². The number of furan rings is 1. The zero-order valence-corrected chi connectivity index (χ0v) is 10.7. The maximum absolute atomic E-state index is 11.7. The van der Waals surface area contributed by atoms with Gasteiger partial charge in [0.2, 0.25) is 5.91 Å². The van der Waals surface area contributed by atoms with Crippen molar-refractivity contribution in [3.8, 4) is 0 Å². The van der Waals surface area contributed by atoms with Gasteiger partial charge in [-0.2, -0.15) is 0 Å². The summed E-state index contributed by atoms with van der Waals surface area (Å²) in [6.45, 7) is 4.58. The molecule has 0 saturated heterocycles. The van der Waals surface area contributed by atoms with Gasteiger partial charge >= 0.3 is 0 Å². The van der Waals surface area contributed by atoms with E-state index >= 15 is 0 Å². The molecule has 0 saturated carbocycles. The van der Waals surface area contributed by atoms with Crippen LogP contribution in [0.5, 0.6) is 0 Å². The lowest BCUT2D eigenvalue weighted by Gasteiger charge is -2.19. The molecular weight excluding hydrogens is 228 g/mol. The van der Waals surface area contributed by atoms with E-state index in [0.717, 1.165) is 11.5 Å². The van der Waals surface area contributed by atoms with Gasteiger partial charge in [0.25, 0.3) is 0 Å². The van der Waals surface area contributed by atoms with Crippen molar-refractivity contribution in [1.82, 2.24) is 4.90 Å². The molecule has 16 heavy (non-hydrogen) atoms. The fourth-order valence-corrected chi connectivity index (χ4v) is 1.36. The lowest BCUT2D eigenvalue weighted by Crippen LogP contribution is -2.34. The maximum Gasteiger partial charge on any atom is 0.226 e. The summed E-state index contributed by atoms with van der Waals surface area (Å²) in [7, 11) is 1.76. The average molecular weight is 247 g/mol. The number of nitrogens with zero attached hydrogens (tertiary/aromatic N) is 1. The molecule has 0 aliphatic heterocycles. The number of carbonyl (C=O) groups excluding carboxylic acids is 1. The van der Waals surface area contributed by atoms with Gasteiger partial charge in [-0.15, -0.1) is 12.4 Å². The van der Waals surface area contributed by atoms with E-state index in [0.29, 0.717) is 13.1 Å². The van der Waals surface area contributed by atoms with E-state index in [1.807, 2.05) is 26.0 Å². The molecule has 0 fully saturated rings. The van der Waals surface area contributed by atoms with Crippen molar-refractivity contribution < 1.29 is 9.21 Å². The topological polar surface area (TPSA) is 59.5 Å². The quantitative estimate of drug-likeness (QED) is 0.877. The molecule has 1 heterocycles. The summed E-state index contributed by atoms with van der Waals surface area (Å²) in [5.74, 6) is 1.57. The Bertz CT molecular complexity index is 338. The minimum absolute atomic E-state index is 0. The largest absolute Gasteiger partial charge is 0.464 e. The first-order valence-corrected chi connectivity index (χ1v) is 5.05. The van der Waals surface area contributed by atoms with Crippen molar-refractivity contribution >= 4 is 18.3 Å². The summed E-state index contributed by atoms with van der Waals surface area (Å²) in [5, 5.41) is 0. The standard InChI is InChI=1S/C11H18N2O2.ClH/c1-8(6-12)11(14)13(3)7-10-5-4-9(2)15-10;/h4-5,8H,6-7,12H2,1-3H3;1H. The number of hydrogen-bond acceptors (Lipinski definition) is 3. The van der Waals surface area contributed by atoms with Crippen molar-refractivity contribution in [1.29, 1.82) is 0 Å². The van der Waals surface area contributed by atoms with Crippen LogP contribution in [-0.2, 0) is 11.3 Å². The molecule has 0 spiro atoms. The molecule has 1 aromatic rings. The van der Waals surface area contributed by atoms with Gasteiger partial charge in [-0.05, 0) is 19.1 Å². The number of rotatable bonds is 4. The Labute approximate surface area is 102 Å². The van der Waals surface area contributed by atoms with Crippen LogP contribution in [0.25, 0.3) is 0 Å². The average Bonchev–Trinajstić information content (AvgIpc) is 2.61. The lowest BCUT2D eigenvalue weighted by atomic mass is 10.1. The van der Waals surface area contributed by atoms with Crippen LogP contribution < -0.4 is 5.73 Å². The fourth-order valence-electron chi connectivity index (χ4n) is 1.36. The molecule has 0 bridgehead atoms. The van der Waals surface area contributed by atoms with E-state index in [1.54, 1.807) is 11.9 Å². The fraction of sp³-hybridized carbons (Fsp3) is 0.545. The van der Waals surface area contributed by atoms with Gasteiger partial charge in [-0.25, -0.2) is 0 Å². The van der Waals surface area contributed by atoms with Crippen molar-refractivity contribution in [3.63, 3.8) is 0 Å². The summed E-state index contributed by atoms with van der Waals surface area (Å²) in [6, 6.07) is 3.77. The third-order valence-electron chi connectivity index (χ3n) is 2.34. The normalized spacial score (nSPS) is 11.8. The van der Waals surface area contributed by atoms with E-state index in [4.69, 9.17) is 10.2 Å². The molecule has 1 rings (SSSR count). The van der Waals surface area contributed by atoms with E-state index in [1.165, 1.54) is 0 Å². The summed E-state index contributed by atoms with van der Waals surface area (Å²) >= 11 is 0.